The fourth-order valence-corrected chi connectivity index (χ4v) is 0.775. The van der Waals surface area contributed by atoms with Crippen LogP contribution < -0.4 is 5.32 Å². The monoisotopic (exact) mass is 229 g/mol. The zero-order chi connectivity index (χ0) is 12.2. The largest absolute Gasteiger partial charge is 0.480 e. The Bertz CT molecular complexity index is 253. The van der Waals surface area contributed by atoms with Gasteiger partial charge in [-0.15, -0.1) is 0 Å². The number of rotatable bonds is 3. The van der Waals surface area contributed by atoms with Gasteiger partial charge in [-0.1, -0.05) is 6.92 Å². The predicted molar refractivity (Wildman–Crippen MR) is 42.2 cm³/mol. The SMILES string of the molecule is COC(=O)N[C@H](C(=O)O)C(C)C(F)(F)F. The number of hydrogen-bond acceptors (Lipinski definition) is 3. The number of carboxylic acid groups (broad SMARTS) is 1. The minimum atomic E-state index is -4.70. The van der Waals surface area contributed by atoms with E-state index in [0.29, 0.717) is 6.92 Å². The Kier molecular flexibility index (Phi) is 4.38. The van der Waals surface area contributed by atoms with Crippen molar-refractivity contribution in [3.63, 3.8) is 0 Å². The minimum Gasteiger partial charge on any atom is -0.480 e. The fourth-order valence-electron chi connectivity index (χ4n) is 0.775. The number of nitrogens with one attached hydrogen (secondary N) is 1. The summed E-state index contributed by atoms with van der Waals surface area (Å²) in [7, 11) is 0.923. The second-order valence-electron chi connectivity index (χ2n) is 2.78. The molecule has 2 N–H and O–H groups in total. The third-order valence-corrected chi connectivity index (χ3v) is 1.74. The molecule has 0 bridgehead atoms. The van der Waals surface area contributed by atoms with Crippen LogP contribution in [0.25, 0.3) is 0 Å². The Balaban J connectivity index is 4.68. The average Bonchev–Trinajstić information content (AvgIpc) is 2.10. The van der Waals surface area contributed by atoms with E-state index in [-0.39, 0.29) is 0 Å². The second-order valence-corrected chi connectivity index (χ2v) is 2.78. The zero-order valence-electron chi connectivity index (χ0n) is 7.96. The molecule has 0 saturated carbocycles. The van der Waals surface area contributed by atoms with E-state index >= 15 is 0 Å². The molecule has 8 heteroatoms. The Labute approximate surface area is 83.2 Å². The van der Waals surface area contributed by atoms with Crippen LogP contribution in [0.1, 0.15) is 6.92 Å². The highest BCUT2D eigenvalue weighted by molar-refractivity contribution is 5.80. The first-order chi connectivity index (χ1) is 6.70. The van der Waals surface area contributed by atoms with Gasteiger partial charge in [-0.2, -0.15) is 13.2 Å². The van der Waals surface area contributed by atoms with Crippen molar-refractivity contribution in [1.82, 2.24) is 5.32 Å². The topological polar surface area (TPSA) is 75.6 Å². The van der Waals surface area contributed by atoms with E-state index in [1.165, 1.54) is 0 Å². The number of aliphatic carboxylic acids is 1. The van der Waals surface area contributed by atoms with Gasteiger partial charge < -0.3 is 15.2 Å². The number of carbonyl (C=O) groups is 2. The maximum absolute atomic E-state index is 12.2. The molecule has 0 aliphatic rings. The third kappa shape index (κ3) is 4.05. The molecule has 0 fully saturated rings. The standard InChI is InChI=1S/C7H10F3NO4/c1-3(7(8,9)10)4(5(12)13)11-6(14)15-2/h3-4H,1-2H3,(H,11,14)(H,12,13)/t3?,4-/m0/s1. The van der Waals surface area contributed by atoms with Crippen molar-refractivity contribution < 1.29 is 32.6 Å². The lowest BCUT2D eigenvalue weighted by Crippen LogP contribution is -2.49. The Morgan fingerprint density at radius 2 is 1.87 bits per heavy atom. The molecule has 0 aliphatic carbocycles. The van der Waals surface area contributed by atoms with E-state index in [0.717, 1.165) is 7.11 Å². The number of carboxylic acids is 1. The van der Waals surface area contributed by atoms with Crippen LogP contribution in [-0.2, 0) is 9.53 Å². The van der Waals surface area contributed by atoms with Gasteiger partial charge in [0.05, 0.1) is 13.0 Å². The Morgan fingerprint density at radius 1 is 1.40 bits per heavy atom. The molecule has 0 aliphatic heterocycles. The van der Waals surface area contributed by atoms with Crippen molar-refractivity contribution >= 4 is 12.1 Å². The number of methoxy groups -OCH3 is 1. The zero-order valence-corrected chi connectivity index (χ0v) is 7.96. The molecule has 0 aromatic rings. The lowest BCUT2D eigenvalue weighted by Gasteiger charge is -2.22. The number of alkyl carbamates (subject to hydrolysis) is 1. The first-order valence-corrected chi connectivity index (χ1v) is 3.84. The van der Waals surface area contributed by atoms with Gasteiger partial charge in [0.25, 0.3) is 0 Å². The van der Waals surface area contributed by atoms with Crippen LogP contribution in [0.2, 0.25) is 0 Å². The van der Waals surface area contributed by atoms with E-state index in [4.69, 9.17) is 5.11 Å². The number of alkyl halides is 3. The highest BCUT2D eigenvalue weighted by Crippen LogP contribution is 2.28. The smallest absolute Gasteiger partial charge is 0.407 e. The van der Waals surface area contributed by atoms with E-state index in [1.54, 1.807) is 5.32 Å². The summed E-state index contributed by atoms with van der Waals surface area (Å²) in [6.07, 6.45) is -5.93. The van der Waals surface area contributed by atoms with Crippen molar-refractivity contribution in [2.24, 2.45) is 5.92 Å². The van der Waals surface area contributed by atoms with Crippen LogP contribution in [0.4, 0.5) is 18.0 Å². The summed E-state index contributed by atoms with van der Waals surface area (Å²) in [6, 6.07) is -2.06. The molecule has 0 radical (unpaired) electrons. The number of carbonyl (C=O) groups excluding carboxylic acids is 1. The molecule has 0 aromatic carbocycles. The number of amides is 1. The molecule has 15 heavy (non-hydrogen) atoms. The summed E-state index contributed by atoms with van der Waals surface area (Å²) in [4.78, 5) is 21.1. The van der Waals surface area contributed by atoms with Crippen LogP contribution in [0, 0.1) is 5.92 Å². The van der Waals surface area contributed by atoms with Crippen molar-refractivity contribution in [1.29, 1.82) is 0 Å². The quantitative estimate of drug-likeness (QED) is 0.756. The summed E-state index contributed by atoms with van der Waals surface area (Å²) in [6.45, 7) is 0.661. The Hall–Kier alpha value is -1.47. The van der Waals surface area contributed by atoms with Gasteiger partial charge in [0.15, 0.2) is 0 Å². The molecule has 0 rings (SSSR count). The molecule has 2 atom stereocenters. The molecular formula is C7H10F3NO4. The minimum absolute atomic E-state index is 0.661. The van der Waals surface area contributed by atoms with E-state index in [9.17, 15) is 22.8 Å². The van der Waals surface area contributed by atoms with Crippen LogP contribution >= 0.6 is 0 Å². The van der Waals surface area contributed by atoms with E-state index in [1.807, 2.05) is 0 Å². The molecule has 0 saturated heterocycles. The number of halogens is 3. The summed E-state index contributed by atoms with van der Waals surface area (Å²) in [5.41, 5.74) is 0. The van der Waals surface area contributed by atoms with Crippen LogP contribution in [0.15, 0.2) is 0 Å². The molecular weight excluding hydrogens is 219 g/mol. The van der Waals surface area contributed by atoms with E-state index in [2.05, 4.69) is 4.74 Å². The first kappa shape index (κ1) is 13.5. The van der Waals surface area contributed by atoms with Gasteiger partial charge in [-0.05, 0) is 0 Å². The normalized spacial score (nSPS) is 15.3. The summed E-state index contributed by atoms with van der Waals surface area (Å²) in [5, 5.41) is 10.1. The average molecular weight is 229 g/mol. The molecule has 0 heterocycles. The highest BCUT2D eigenvalue weighted by Gasteiger charge is 2.45. The van der Waals surface area contributed by atoms with E-state index < -0.39 is 30.2 Å². The third-order valence-electron chi connectivity index (χ3n) is 1.74. The van der Waals surface area contributed by atoms with Gasteiger partial charge in [-0.25, -0.2) is 9.59 Å². The second kappa shape index (κ2) is 4.85. The highest BCUT2D eigenvalue weighted by atomic mass is 19.4. The molecule has 0 spiro atoms. The van der Waals surface area contributed by atoms with Crippen LogP contribution in [0.3, 0.4) is 0 Å². The summed E-state index contributed by atoms with van der Waals surface area (Å²) >= 11 is 0. The molecule has 88 valence electrons. The lowest BCUT2D eigenvalue weighted by molar-refractivity contribution is -0.184. The van der Waals surface area contributed by atoms with Crippen molar-refractivity contribution in [3.8, 4) is 0 Å². The maximum Gasteiger partial charge on any atom is 0.407 e. The molecule has 1 amide bonds. The predicted octanol–water partition coefficient (Wildman–Crippen LogP) is 0.994. The molecule has 0 aromatic heterocycles. The fraction of sp³-hybridized carbons (Fsp3) is 0.714. The van der Waals surface area contributed by atoms with Crippen molar-refractivity contribution in [2.45, 2.75) is 19.1 Å². The van der Waals surface area contributed by atoms with Gasteiger partial charge >= 0.3 is 18.2 Å². The Morgan fingerprint density at radius 3 is 2.13 bits per heavy atom. The molecule has 1 unspecified atom stereocenters. The lowest BCUT2D eigenvalue weighted by atomic mass is 10.0. The number of ether oxygens (including phenoxy) is 1. The number of hydrogen-bond donors (Lipinski definition) is 2. The van der Waals surface area contributed by atoms with Crippen LogP contribution in [0.5, 0.6) is 0 Å². The summed E-state index contributed by atoms with van der Waals surface area (Å²) < 4.78 is 40.5. The van der Waals surface area contributed by atoms with Gasteiger partial charge in [0.1, 0.15) is 6.04 Å². The first-order valence-electron chi connectivity index (χ1n) is 3.84. The van der Waals surface area contributed by atoms with Gasteiger partial charge in [-0.3, -0.25) is 0 Å². The molecule has 5 nitrogen and oxygen atoms in total. The van der Waals surface area contributed by atoms with Gasteiger partial charge in [0, 0.05) is 0 Å². The van der Waals surface area contributed by atoms with Gasteiger partial charge in [0.2, 0.25) is 0 Å². The van der Waals surface area contributed by atoms with Crippen LogP contribution in [-0.4, -0.2) is 36.5 Å². The van der Waals surface area contributed by atoms with Crippen molar-refractivity contribution in [3.05, 3.63) is 0 Å². The van der Waals surface area contributed by atoms with Crippen molar-refractivity contribution in [2.75, 3.05) is 7.11 Å². The maximum atomic E-state index is 12.2. The summed E-state index contributed by atoms with van der Waals surface area (Å²) in [5.74, 6) is -3.97.